The summed E-state index contributed by atoms with van der Waals surface area (Å²) in [6, 6.07) is 25.0. The van der Waals surface area contributed by atoms with Crippen LogP contribution in [0.15, 0.2) is 84.9 Å². The normalized spacial score (nSPS) is 17.4. The number of ether oxygens (including phenoxy) is 1. The number of Topliss-reactive ketones (excluding diaryl/α,β-unsaturated/α-hetero) is 1. The number of aryl methyl sites for hydroxylation is 2. The third-order valence-corrected chi connectivity index (χ3v) is 6.30. The smallest absolute Gasteiger partial charge is 0.333 e. The first-order valence-corrected chi connectivity index (χ1v) is 11.8. The molecule has 4 rings (SSSR count). The Morgan fingerprint density at radius 1 is 0.886 bits per heavy atom. The predicted octanol–water partition coefficient (Wildman–Crippen LogP) is 4.90. The van der Waals surface area contributed by atoms with E-state index in [1.54, 1.807) is 6.92 Å². The molecule has 1 atom stereocenters. The number of esters is 1. The molecule has 1 aliphatic rings. The Kier molecular flexibility index (Phi) is 6.97. The molecule has 0 bridgehead atoms. The molecule has 1 heterocycles. The summed E-state index contributed by atoms with van der Waals surface area (Å²) in [5.74, 6) is -1.86. The predicted molar refractivity (Wildman–Crippen MR) is 135 cm³/mol. The van der Waals surface area contributed by atoms with Gasteiger partial charge in [0, 0.05) is 6.54 Å². The minimum atomic E-state index is -2.03. The second-order valence-electron chi connectivity index (χ2n) is 8.89. The van der Waals surface area contributed by atoms with Gasteiger partial charge in [0.25, 0.3) is 5.91 Å². The van der Waals surface area contributed by atoms with Gasteiger partial charge in [-0.05, 0) is 49.1 Å². The fourth-order valence-corrected chi connectivity index (χ4v) is 4.33. The van der Waals surface area contributed by atoms with Crippen LogP contribution in [0.5, 0.6) is 0 Å². The lowest BCUT2D eigenvalue weighted by Crippen LogP contribution is -2.43. The van der Waals surface area contributed by atoms with Gasteiger partial charge in [0.15, 0.2) is 5.78 Å². The average Bonchev–Trinajstić information content (AvgIpc) is 3.09. The number of carbonyl (C=O) groups excluding carboxylic acids is 3. The number of hydrogen-bond acceptors (Lipinski definition) is 4. The molecular weight excluding hydrogens is 438 g/mol. The van der Waals surface area contributed by atoms with E-state index in [2.05, 4.69) is 0 Å². The molecule has 1 saturated heterocycles. The molecule has 0 aliphatic carbocycles. The minimum absolute atomic E-state index is 0.0675. The summed E-state index contributed by atoms with van der Waals surface area (Å²) in [4.78, 5) is 42.1. The van der Waals surface area contributed by atoms with Crippen LogP contribution in [0.3, 0.4) is 0 Å². The highest BCUT2D eigenvalue weighted by atomic mass is 16.5. The molecule has 0 radical (unpaired) electrons. The SMILES string of the molecule is CCOC(=O)C1(C=C(c2ccc(C)cc2)c2ccc(C)cc2)C(=O)CN(Cc2ccccc2)C1=O. The maximum Gasteiger partial charge on any atom is 0.333 e. The zero-order valence-corrected chi connectivity index (χ0v) is 20.3. The topological polar surface area (TPSA) is 63.7 Å². The summed E-state index contributed by atoms with van der Waals surface area (Å²) in [6.45, 7) is 5.80. The van der Waals surface area contributed by atoms with E-state index < -0.39 is 23.1 Å². The van der Waals surface area contributed by atoms with Crippen LogP contribution in [0.2, 0.25) is 0 Å². The van der Waals surface area contributed by atoms with E-state index in [1.807, 2.05) is 92.7 Å². The van der Waals surface area contributed by atoms with Crippen molar-refractivity contribution in [3.05, 3.63) is 113 Å². The largest absolute Gasteiger partial charge is 0.465 e. The van der Waals surface area contributed by atoms with Crippen molar-refractivity contribution in [1.29, 1.82) is 0 Å². The molecule has 0 spiro atoms. The molecule has 178 valence electrons. The second kappa shape index (κ2) is 10.1. The average molecular weight is 468 g/mol. The molecule has 0 saturated carbocycles. The molecule has 35 heavy (non-hydrogen) atoms. The van der Waals surface area contributed by atoms with Gasteiger partial charge < -0.3 is 9.64 Å². The van der Waals surface area contributed by atoms with Crippen molar-refractivity contribution in [2.45, 2.75) is 27.3 Å². The van der Waals surface area contributed by atoms with E-state index in [4.69, 9.17) is 4.74 Å². The highest BCUT2D eigenvalue weighted by molar-refractivity contribution is 6.28. The zero-order chi connectivity index (χ0) is 25.0. The Morgan fingerprint density at radius 2 is 1.43 bits per heavy atom. The molecule has 1 aliphatic heterocycles. The Balaban J connectivity index is 1.87. The van der Waals surface area contributed by atoms with Crippen molar-refractivity contribution in [2.24, 2.45) is 5.41 Å². The molecule has 1 unspecified atom stereocenters. The lowest BCUT2D eigenvalue weighted by atomic mass is 9.80. The van der Waals surface area contributed by atoms with Crippen molar-refractivity contribution in [1.82, 2.24) is 4.90 Å². The number of carbonyl (C=O) groups is 3. The number of likely N-dealkylation sites (tertiary alicyclic amines) is 1. The number of benzene rings is 3. The maximum absolute atomic E-state index is 13.8. The number of rotatable bonds is 7. The Labute approximate surface area is 206 Å². The lowest BCUT2D eigenvalue weighted by Gasteiger charge is -2.23. The zero-order valence-electron chi connectivity index (χ0n) is 20.3. The summed E-state index contributed by atoms with van der Waals surface area (Å²) >= 11 is 0. The summed E-state index contributed by atoms with van der Waals surface area (Å²) in [6.07, 6.45) is 1.52. The molecule has 5 heteroatoms. The Morgan fingerprint density at radius 3 is 1.94 bits per heavy atom. The lowest BCUT2D eigenvalue weighted by molar-refractivity contribution is -0.159. The number of ketones is 1. The van der Waals surface area contributed by atoms with Gasteiger partial charge in [0.1, 0.15) is 0 Å². The second-order valence-corrected chi connectivity index (χ2v) is 8.89. The number of nitrogens with zero attached hydrogens (tertiary/aromatic N) is 1. The first-order chi connectivity index (χ1) is 16.8. The van der Waals surface area contributed by atoms with Crippen LogP contribution in [-0.2, 0) is 25.7 Å². The van der Waals surface area contributed by atoms with Crippen LogP contribution in [-0.4, -0.2) is 35.7 Å². The van der Waals surface area contributed by atoms with Crippen LogP contribution >= 0.6 is 0 Å². The number of hydrogen-bond donors (Lipinski definition) is 0. The fourth-order valence-electron chi connectivity index (χ4n) is 4.33. The summed E-state index contributed by atoms with van der Waals surface area (Å²) in [5, 5.41) is 0. The third-order valence-electron chi connectivity index (χ3n) is 6.30. The summed E-state index contributed by atoms with van der Waals surface area (Å²) < 4.78 is 5.33. The molecule has 3 aromatic rings. The standard InChI is InChI=1S/C30H29NO4/c1-4-35-29(34)30(27(32)20-31(28(30)33)19-23-8-6-5-7-9-23)18-26(24-14-10-21(2)11-15-24)25-16-12-22(3)13-17-25/h5-18H,4,19-20H2,1-3H3. The van der Waals surface area contributed by atoms with Crippen LogP contribution < -0.4 is 0 Å². The molecule has 0 N–H and O–H groups in total. The van der Waals surface area contributed by atoms with Gasteiger partial charge in [0.2, 0.25) is 5.41 Å². The third kappa shape index (κ3) is 4.80. The number of amides is 1. The van der Waals surface area contributed by atoms with Gasteiger partial charge in [-0.3, -0.25) is 14.4 Å². The van der Waals surface area contributed by atoms with Crippen LogP contribution in [0.4, 0.5) is 0 Å². The van der Waals surface area contributed by atoms with Crippen molar-refractivity contribution in [2.75, 3.05) is 13.2 Å². The molecular formula is C30H29NO4. The van der Waals surface area contributed by atoms with E-state index in [1.165, 1.54) is 11.0 Å². The molecule has 0 aromatic heterocycles. The van der Waals surface area contributed by atoms with Gasteiger partial charge in [0.05, 0.1) is 13.2 Å². The van der Waals surface area contributed by atoms with Crippen molar-refractivity contribution < 1.29 is 19.1 Å². The first kappa shape index (κ1) is 24.1. The van der Waals surface area contributed by atoms with E-state index in [9.17, 15) is 14.4 Å². The highest BCUT2D eigenvalue weighted by Crippen LogP contribution is 2.38. The summed E-state index contributed by atoms with van der Waals surface area (Å²) in [5.41, 5.74) is 3.28. The van der Waals surface area contributed by atoms with Crippen molar-refractivity contribution in [3.63, 3.8) is 0 Å². The highest BCUT2D eigenvalue weighted by Gasteiger charge is 2.59. The molecule has 5 nitrogen and oxygen atoms in total. The quantitative estimate of drug-likeness (QED) is 0.366. The first-order valence-electron chi connectivity index (χ1n) is 11.8. The van der Waals surface area contributed by atoms with E-state index in [-0.39, 0.29) is 19.7 Å². The Bertz CT molecular complexity index is 1210. The van der Waals surface area contributed by atoms with E-state index >= 15 is 0 Å². The molecule has 3 aromatic carbocycles. The van der Waals surface area contributed by atoms with Crippen molar-refractivity contribution in [3.8, 4) is 0 Å². The summed E-state index contributed by atoms with van der Waals surface area (Å²) in [7, 11) is 0. The van der Waals surface area contributed by atoms with Crippen molar-refractivity contribution >= 4 is 23.2 Å². The van der Waals surface area contributed by atoms with E-state index in [0.29, 0.717) is 5.57 Å². The monoisotopic (exact) mass is 467 g/mol. The van der Waals surface area contributed by atoms with Gasteiger partial charge in [-0.2, -0.15) is 0 Å². The van der Waals surface area contributed by atoms with E-state index in [0.717, 1.165) is 27.8 Å². The maximum atomic E-state index is 13.8. The minimum Gasteiger partial charge on any atom is -0.465 e. The van der Waals surface area contributed by atoms with Crippen LogP contribution in [0.1, 0.15) is 34.7 Å². The van der Waals surface area contributed by atoms with Crippen LogP contribution in [0.25, 0.3) is 5.57 Å². The molecule has 1 fully saturated rings. The van der Waals surface area contributed by atoms with Gasteiger partial charge >= 0.3 is 5.97 Å². The van der Waals surface area contributed by atoms with Gasteiger partial charge in [-0.15, -0.1) is 0 Å². The van der Waals surface area contributed by atoms with Crippen LogP contribution in [0, 0.1) is 19.3 Å². The van der Waals surface area contributed by atoms with Gasteiger partial charge in [-0.25, -0.2) is 0 Å². The van der Waals surface area contributed by atoms with Gasteiger partial charge in [-0.1, -0.05) is 90.0 Å². The fraction of sp³-hybridized carbons (Fsp3) is 0.233. The Hall–Kier alpha value is -3.99. The molecule has 1 amide bonds.